The number of hydrogen-bond acceptors (Lipinski definition) is 9. The van der Waals surface area contributed by atoms with Crippen LogP contribution in [0.25, 0.3) is 0 Å². The Balaban J connectivity index is -0.00000320. The minimum Gasteiger partial charge on any atom is -0.394 e. The predicted molar refractivity (Wildman–Crippen MR) is 146 cm³/mol. The normalized spacial score (nSPS) is 10.3. The van der Waals surface area contributed by atoms with E-state index in [0.717, 1.165) is 71.0 Å². The summed E-state index contributed by atoms with van der Waals surface area (Å²) >= 11 is 0. The lowest BCUT2D eigenvalue weighted by Gasteiger charge is -2.09. The Hall–Kier alpha value is -1.14. The Morgan fingerprint density at radius 3 is 1.53 bits per heavy atom. The van der Waals surface area contributed by atoms with Crippen LogP contribution in [0.15, 0.2) is 24.3 Å². The van der Waals surface area contributed by atoms with Gasteiger partial charge in [-0.2, -0.15) is 0 Å². The average Bonchev–Trinajstić information content (AvgIpc) is 2.79. The molecule has 9 nitrogen and oxygen atoms in total. The highest BCUT2D eigenvalue weighted by Crippen LogP contribution is 2.05. The summed E-state index contributed by atoms with van der Waals surface area (Å²) in [6.45, 7) is 12.2. The molecule has 9 heteroatoms. The molecule has 1 aromatic carbocycles. The third kappa shape index (κ3) is 24.0. The zero-order valence-corrected chi connectivity index (χ0v) is 19.0. The van der Waals surface area contributed by atoms with Crippen molar-refractivity contribution in [2.45, 2.75) is 35.4 Å². The standard InChI is InChI=1S/C22H44N6O3.3CH4/c23-5-6-24-7-8-25-9-10-26-11-12-27-13-14-28-19-21-1-3-22(4-2-21)20-31-18-17-30-16-15-29;;;/h1-4,24-29H,5-20,23H2;3*1H4. The fourth-order valence-electron chi connectivity index (χ4n) is 2.77. The van der Waals surface area contributed by atoms with E-state index in [4.69, 9.17) is 20.3 Å². The van der Waals surface area contributed by atoms with Crippen LogP contribution in [0.1, 0.15) is 33.4 Å². The summed E-state index contributed by atoms with van der Waals surface area (Å²) in [5.74, 6) is 0. The third-order valence-electron chi connectivity index (χ3n) is 4.46. The number of hydrogen-bond donors (Lipinski definition) is 7. The second kappa shape index (κ2) is 29.9. The van der Waals surface area contributed by atoms with E-state index >= 15 is 0 Å². The van der Waals surface area contributed by atoms with Crippen LogP contribution >= 0.6 is 0 Å². The maximum absolute atomic E-state index is 8.63. The second-order valence-electron chi connectivity index (χ2n) is 7.17. The van der Waals surface area contributed by atoms with Crippen molar-refractivity contribution in [2.75, 3.05) is 91.9 Å². The largest absolute Gasteiger partial charge is 0.394 e. The van der Waals surface area contributed by atoms with E-state index < -0.39 is 0 Å². The molecule has 0 aliphatic heterocycles. The van der Waals surface area contributed by atoms with Gasteiger partial charge in [0.2, 0.25) is 0 Å². The number of rotatable bonds is 23. The molecule has 0 aliphatic carbocycles. The van der Waals surface area contributed by atoms with Gasteiger partial charge in [0.1, 0.15) is 0 Å². The van der Waals surface area contributed by atoms with E-state index in [2.05, 4.69) is 50.8 Å². The molecule has 0 amide bonds. The molecule has 0 spiro atoms. The predicted octanol–water partition coefficient (Wildman–Crippen LogP) is 0.527. The van der Waals surface area contributed by atoms with Crippen LogP contribution in [0.4, 0.5) is 0 Å². The topological polar surface area (TPSA) is 125 Å². The van der Waals surface area contributed by atoms with Gasteiger partial charge in [-0.3, -0.25) is 0 Å². The Morgan fingerprint density at radius 1 is 0.588 bits per heavy atom. The van der Waals surface area contributed by atoms with Crippen LogP contribution in [-0.4, -0.2) is 97.0 Å². The lowest BCUT2D eigenvalue weighted by Crippen LogP contribution is -2.36. The number of nitrogens with two attached hydrogens (primary N) is 1. The molecule has 0 bridgehead atoms. The van der Waals surface area contributed by atoms with Gasteiger partial charge in [0.05, 0.1) is 33.0 Å². The van der Waals surface area contributed by atoms with Gasteiger partial charge in [0.25, 0.3) is 0 Å². The van der Waals surface area contributed by atoms with Crippen LogP contribution < -0.4 is 32.3 Å². The van der Waals surface area contributed by atoms with Gasteiger partial charge in [-0.15, -0.1) is 0 Å². The molecule has 0 aliphatic rings. The molecular weight excluding hydrogens is 432 g/mol. The molecule has 0 atom stereocenters. The van der Waals surface area contributed by atoms with E-state index in [1.54, 1.807) is 0 Å². The van der Waals surface area contributed by atoms with Gasteiger partial charge >= 0.3 is 0 Å². The maximum atomic E-state index is 8.63. The van der Waals surface area contributed by atoms with Crippen molar-refractivity contribution >= 4 is 0 Å². The first kappa shape index (κ1) is 37.4. The summed E-state index contributed by atoms with van der Waals surface area (Å²) < 4.78 is 10.7. The molecular formula is C25H56N6O3. The summed E-state index contributed by atoms with van der Waals surface area (Å²) in [5, 5.41) is 25.6. The van der Waals surface area contributed by atoms with Crippen LogP contribution in [0.3, 0.4) is 0 Å². The molecule has 1 rings (SSSR count). The highest BCUT2D eigenvalue weighted by molar-refractivity contribution is 5.21. The first-order chi connectivity index (χ1) is 15.4. The number of ether oxygens (including phenoxy) is 2. The summed E-state index contributed by atoms with van der Waals surface area (Å²) in [7, 11) is 0. The molecule has 0 saturated heterocycles. The Bertz CT molecular complexity index is 494. The van der Waals surface area contributed by atoms with Crippen LogP contribution in [0, 0.1) is 0 Å². The van der Waals surface area contributed by atoms with Gasteiger partial charge in [-0.25, -0.2) is 0 Å². The molecule has 34 heavy (non-hydrogen) atoms. The molecule has 0 fully saturated rings. The second-order valence-corrected chi connectivity index (χ2v) is 7.17. The van der Waals surface area contributed by atoms with Gasteiger partial charge in [0, 0.05) is 72.0 Å². The summed E-state index contributed by atoms with van der Waals surface area (Å²) in [5.41, 5.74) is 7.84. The molecule has 8 N–H and O–H groups in total. The van der Waals surface area contributed by atoms with Crippen LogP contribution in [0.2, 0.25) is 0 Å². The van der Waals surface area contributed by atoms with Gasteiger partial charge in [0.15, 0.2) is 0 Å². The number of aliphatic hydroxyl groups excluding tert-OH is 1. The lowest BCUT2D eigenvalue weighted by molar-refractivity contribution is 0.0274. The highest BCUT2D eigenvalue weighted by atomic mass is 16.5. The van der Waals surface area contributed by atoms with Crippen molar-refractivity contribution in [3.63, 3.8) is 0 Å². The molecule has 0 saturated carbocycles. The van der Waals surface area contributed by atoms with E-state index in [1.807, 2.05) is 0 Å². The van der Waals surface area contributed by atoms with E-state index in [1.165, 1.54) is 5.56 Å². The van der Waals surface area contributed by atoms with E-state index in [0.29, 0.717) is 33.0 Å². The first-order valence-electron chi connectivity index (χ1n) is 11.4. The smallest absolute Gasteiger partial charge is 0.0718 e. The monoisotopic (exact) mass is 488 g/mol. The zero-order valence-electron chi connectivity index (χ0n) is 19.0. The quantitative estimate of drug-likeness (QED) is 0.110. The molecule has 0 radical (unpaired) electrons. The number of nitrogens with one attached hydrogen (secondary N) is 5. The van der Waals surface area contributed by atoms with Gasteiger partial charge < -0.3 is 46.9 Å². The minimum atomic E-state index is 0. The van der Waals surface area contributed by atoms with Crippen molar-refractivity contribution in [3.05, 3.63) is 35.4 Å². The molecule has 0 unspecified atom stereocenters. The van der Waals surface area contributed by atoms with Crippen molar-refractivity contribution in [1.82, 2.24) is 26.6 Å². The van der Waals surface area contributed by atoms with Crippen molar-refractivity contribution in [2.24, 2.45) is 5.73 Å². The Kier molecular flexibility index (Phi) is 32.9. The molecule has 0 aromatic heterocycles. The minimum absolute atomic E-state index is 0. The van der Waals surface area contributed by atoms with E-state index in [9.17, 15) is 0 Å². The van der Waals surface area contributed by atoms with Gasteiger partial charge in [-0.1, -0.05) is 46.5 Å². The maximum Gasteiger partial charge on any atom is 0.0718 e. The molecule has 204 valence electrons. The summed E-state index contributed by atoms with van der Waals surface area (Å²) in [6, 6.07) is 8.46. The van der Waals surface area contributed by atoms with Crippen molar-refractivity contribution < 1.29 is 14.6 Å². The van der Waals surface area contributed by atoms with E-state index in [-0.39, 0.29) is 28.9 Å². The van der Waals surface area contributed by atoms with Crippen molar-refractivity contribution in [3.8, 4) is 0 Å². The number of aliphatic hydroxyl groups is 1. The summed E-state index contributed by atoms with van der Waals surface area (Å²) in [6.07, 6.45) is 0. The highest BCUT2D eigenvalue weighted by Gasteiger charge is 1.97. The van der Waals surface area contributed by atoms with Gasteiger partial charge in [-0.05, 0) is 11.1 Å². The fraction of sp³-hybridized carbons (Fsp3) is 0.760. The SMILES string of the molecule is C.C.C.NCCNCCNCCNCCNCCNCc1ccc(COCCOCCO)cc1. The number of benzene rings is 1. The van der Waals surface area contributed by atoms with Crippen LogP contribution in [0.5, 0.6) is 0 Å². The fourth-order valence-corrected chi connectivity index (χ4v) is 2.77. The van der Waals surface area contributed by atoms with Crippen molar-refractivity contribution in [1.29, 1.82) is 0 Å². The Morgan fingerprint density at radius 2 is 1.03 bits per heavy atom. The zero-order chi connectivity index (χ0) is 22.2. The summed E-state index contributed by atoms with van der Waals surface area (Å²) in [4.78, 5) is 0. The average molecular weight is 489 g/mol. The Labute approximate surface area is 209 Å². The molecule has 0 heterocycles. The van der Waals surface area contributed by atoms with Crippen LogP contribution in [-0.2, 0) is 22.6 Å². The first-order valence-corrected chi connectivity index (χ1v) is 11.4. The third-order valence-corrected chi connectivity index (χ3v) is 4.46. The molecule has 1 aromatic rings. The lowest BCUT2D eigenvalue weighted by atomic mass is 10.1.